The van der Waals surface area contributed by atoms with E-state index >= 15 is 0 Å². The lowest BCUT2D eigenvalue weighted by Crippen LogP contribution is -2.36. The van der Waals surface area contributed by atoms with E-state index in [1.165, 1.54) is 0 Å². The molecule has 15 heavy (non-hydrogen) atoms. The first-order valence-electron chi connectivity index (χ1n) is 5.82. The molecule has 1 N–H and O–H groups in total. The Morgan fingerprint density at radius 1 is 1.07 bits per heavy atom. The molecule has 0 spiro atoms. The molecule has 2 fully saturated rings. The molecule has 88 valence electrons. The van der Waals surface area contributed by atoms with Crippen LogP contribution < -0.4 is 0 Å². The van der Waals surface area contributed by atoms with Gasteiger partial charge >= 0.3 is 0 Å². The van der Waals surface area contributed by atoms with E-state index in [1.54, 1.807) is 0 Å². The standard InChI is InChI=1S/C11H20O4/c12-11(4-6-13-7-5-11)3-1-2-10-14-8-9-15-10/h10,12H,1-9H2. The van der Waals surface area contributed by atoms with E-state index in [0.717, 1.165) is 32.1 Å². The zero-order chi connectivity index (χ0) is 10.6. The summed E-state index contributed by atoms with van der Waals surface area (Å²) >= 11 is 0. The van der Waals surface area contributed by atoms with Crippen molar-refractivity contribution in [2.24, 2.45) is 0 Å². The number of hydrogen-bond acceptors (Lipinski definition) is 4. The molecule has 0 amide bonds. The van der Waals surface area contributed by atoms with Crippen LogP contribution >= 0.6 is 0 Å². The third-order valence-electron chi connectivity index (χ3n) is 3.20. The molecule has 0 radical (unpaired) electrons. The summed E-state index contributed by atoms with van der Waals surface area (Å²) in [6.45, 7) is 2.80. The summed E-state index contributed by atoms with van der Waals surface area (Å²) in [6.07, 6.45) is 4.18. The average Bonchev–Trinajstić information content (AvgIpc) is 2.71. The highest BCUT2D eigenvalue weighted by Crippen LogP contribution is 2.27. The predicted molar refractivity (Wildman–Crippen MR) is 54.5 cm³/mol. The van der Waals surface area contributed by atoms with Gasteiger partial charge in [-0.05, 0) is 32.1 Å². The molecule has 2 aliphatic rings. The third kappa shape index (κ3) is 3.41. The summed E-state index contributed by atoms with van der Waals surface area (Å²) in [5, 5.41) is 10.2. The Balaban J connectivity index is 1.63. The van der Waals surface area contributed by atoms with Gasteiger partial charge in [-0.3, -0.25) is 0 Å². The van der Waals surface area contributed by atoms with Crippen molar-refractivity contribution in [2.45, 2.75) is 44.0 Å². The molecule has 4 heteroatoms. The van der Waals surface area contributed by atoms with Gasteiger partial charge in [0.25, 0.3) is 0 Å². The van der Waals surface area contributed by atoms with Crippen molar-refractivity contribution in [1.82, 2.24) is 0 Å². The van der Waals surface area contributed by atoms with Gasteiger partial charge in [0.2, 0.25) is 0 Å². The first-order valence-corrected chi connectivity index (χ1v) is 5.82. The maximum atomic E-state index is 10.2. The summed E-state index contributed by atoms with van der Waals surface area (Å²) in [4.78, 5) is 0. The summed E-state index contributed by atoms with van der Waals surface area (Å²) in [7, 11) is 0. The van der Waals surface area contributed by atoms with Crippen LogP contribution in [0.2, 0.25) is 0 Å². The second-order valence-electron chi connectivity index (χ2n) is 4.40. The minimum Gasteiger partial charge on any atom is -0.390 e. The summed E-state index contributed by atoms with van der Waals surface area (Å²) in [6, 6.07) is 0. The topological polar surface area (TPSA) is 47.9 Å². The van der Waals surface area contributed by atoms with E-state index < -0.39 is 5.60 Å². The molecule has 2 saturated heterocycles. The average molecular weight is 216 g/mol. The van der Waals surface area contributed by atoms with Gasteiger partial charge in [-0.2, -0.15) is 0 Å². The highest BCUT2D eigenvalue weighted by molar-refractivity contribution is 4.81. The Hall–Kier alpha value is -0.160. The maximum absolute atomic E-state index is 10.2. The van der Waals surface area contributed by atoms with Crippen LogP contribution in [0.1, 0.15) is 32.1 Å². The van der Waals surface area contributed by atoms with Gasteiger partial charge in [-0.15, -0.1) is 0 Å². The monoisotopic (exact) mass is 216 g/mol. The van der Waals surface area contributed by atoms with E-state index in [4.69, 9.17) is 14.2 Å². The largest absolute Gasteiger partial charge is 0.390 e. The van der Waals surface area contributed by atoms with Crippen molar-refractivity contribution in [2.75, 3.05) is 26.4 Å². The Bertz CT molecular complexity index is 183. The smallest absolute Gasteiger partial charge is 0.157 e. The molecular formula is C11H20O4. The van der Waals surface area contributed by atoms with Crippen molar-refractivity contribution in [3.05, 3.63) is 0 Å². The summed E-state index contributed by atoms with van der Waals surface area (Å²) in [5.41, 5.74) is -0.503. The third-order valence-corrected chi connectivity index (χ3v) is 3.20. The quantitative estimate of drug-likeness (QED) is 0.763. The van der Waals surface area contributed by atoms with Gasteiger partial charge in [-0.1, -0.05) is 0 Å². The normalized spacial score (nSPS) is 27.0. The minimum absolute atomic E-state index is 0.0339. The van der Waals surface area contributed by atoms with Crippen LogP contribution in [0.15, 0.2) is 0 Å². The fourth-order valence-corrected chi connectivity index (χ4v) is 2.17. The SMILES string of the molecule is OC1(CCCC2OCCO2)CCOCC1. The van der Waals surface area contributed by atoms with Crippen LogP contribution in [-0.4, -0.2) is 43.4 Å². The van der Waals surface area contributed by atoms with Crippen LogP contribution in [0.3, 0.4) is 0 Å². The van der Waals surface area contributed by atoms with E-state index in [1.807, 2.05) is 0 Å². The van der Waals surface area contributed by atoms with Gasteiger partial charge in [0.05, 0.1) is 18.8 Å². The van der Waals surface area contributed by atoms with Crippen LogP contribution in [0, 0.1) is 0 Å². The fraction of sp³-hybridized carbons (Fsp3) is 1.00. The second kappa shape index (κ2) is 5.25. The summed E-state index contributed by atoms with van der Waals surface area (Å²) in [5.74, 6) is 0. The van der Waals surface area contributed by atoms with Gasteiger partial charge in [0.15, 0.2) is 6.29 Å². The number of hydrogen-bond donors (Lipinski definition) is 1. The molecule has 2 rings (SSSR count). The Labute approximate surface area is 90.5 Å². The van der Waals surface area contributed by atoms with Crippen molar-refractivity contribution >= 4 is 0 Å². The van der Waals surface area contributed by atoms with Crippen LogP contribution in [0.4, 0.5) is 0 Å². The lowest BCUT2D eigenvalue weighted by Gasteiger charge is -2.32. The van der Waals surface area contributed by atoms with Gasteiger partial charge < -0.3 is 19.3 Å². The van der Waals surface area contributed by atoms with Gasteiger partial charge in [-0.25, -0.2) is 0 Å². The highest BCUT2D eigenvalue weighted by atomic mass is 16.7. The molecule has 0 aromatic carbocycles. The minimum atomic E-state index is -0.503. The van der Waals surface area contributed by atoms with Crippen molar-refractivity contribution in [3.8, 4) is 0 Å². The van der Waals surface area contributed by atoms with Crippen LogP contribution in [0.5, 0.6) is 0 Å². The molecule has 2 heterocycles. The second-order valence-corrected chi connectivity index (χ2v) is 4.40. The highest BCUT2D eigenvalue weighted by Gasteiger charge is 2.29. The first kappa shape index (κ1) is 11.3. The van der Waals surface area contributed by atoms with Crippen molar-refractivity contribution in [3.63, 3.8) is 0 Å². The lowest BCUT2D eigenvalue weighted by molar-refractivity contribution is -0.0790. The molecule has 0 aromatic rings. The molecule has 0 aromatic heterocycles. The van der Waals surface area contributed by atoms with Gasteiger partial charge in [0, 0.05) is 13.2 Å². The molecular weight excluding hydrogens is 196 g/mol. The Morgan fingerprint density at radius 2 is 1.73 bits per heavy atom. The molecule has 0 saturated carbocycles. The molecule has 0 aliphatic carbocycles. The fourth-order valence-electron chi connectivity index (χ4n) is 2.17. The van der Waals surface area contributed by atoms with Gasteiger partial charge in [0.1, 0.15) is 0 Å². The predicted octanol–water partition coefficient (Wildman–Crippen LogP) is 1.07. The zero-order valence-corrected chi connectivity index (χ0v) is 9.11. The molecule has 0 atom stereocenters. The van der Waals surface area contributed by atoms with E-state index in [0.29, 0.717) is 26.4 Å². The Morgan fingerprint density at radius 3 is 2.40 bits per heavy atom. The van der Waals surface area contributed by atoms with E-state index in [-0.39, 0.29) is 6.29 Å². The Kier molecular flexibility index (Phi) is 3.97. The van der Waals surface area contributed by atoms with Crippen molar-refractivity contribution < 1.29 is 19.3 Å². The zero-order valence-electron chi connectivity index (χ0n) is 9.11. The van der Waals surface area contributed by atoms with Crippen LogP contribution in [-0.2, 0) is 14.2 Å². The summed E-state index contributed by atoms with van der Waals surface area (Å²) < 4.78 is 15.9. The maximum Gasteiger partial charge on any atom is 0.157 e. The molecule has 2 aliphatic heterocycles. The van der Waals surface area contributed by atoms with Crippen LogP contribution in [0.25, 0.3) is 0 Å². The molecule has 4 nitrogen and oxygen atoms in total. The number of ether oxygens (including phenoxy) is 3. The molecule has 0 unspecified atom stereocenters. The number of rotatable bonds is 4. The van der Waals surface area contributed by atoms with E-state index in [9.17, 15) is 5.11 Å². The number of aliphatic hydroxyl groups is 1. The van der Waals surface area contributed by atoms with E-state index in [2.05, 4.69) is 0 Å². The lowest BCUT2D eigenvalue weighted by atomic mass is 9.89. The first-order chi connectivity index (χ1) is 7.29. The van der Waals surface area contributed by atoms with Crippen molar-refractivity contribution in [1.29, 1.82) is 0 Å². The molecule has 0 bridgehead atoms.